The summed E-state index contributed by atoms with van der Waals surface area (Å²) < 4.78 is 10.5. The molecule has 0 saturated heterocycles. The van der Waals surface area contributed by atoms with Crippen LogP contribution in [0.3, 0.4) is 0 Å². The van der Waals surface area contributed by atoms with Gasteiger partial charge in [0.1, 0.15) is 5.69 Å². The molecule has 0 spiro atoms. The highest BCUT2D eigenvalue weighted by molar-refractivity contribution is 7.09. The third-order valence-corrected chi connectivity index (χ3v) is 3.35. The van der Waals surface area contributed by atoms with E-state index in [-0.39, 0.29) is 12.7 Å². The molecule has 6 heteroatoms. The third kappa shape index (κ3) is 1.91. The minimum absolute atomic E-state index is 0.215. The van der Waals surface area contributed by atoms with Crippen molar-refractivity contribution in [2.75, 3.05) is 12.1 Å². The fourth-order valence-electron chi connectivity index (χ4n) is 1.69. The van der Waals surface area contributed by atoms with Crippen LogP contribution in [0.2, 0.25) is 0 Å². The fourth-order valence-corrected chi connectivity index (χ4v) is 2.26. The topological polar surface area (TPSA) is 60.5 Å². The Bertz CT molecular complexity index is 609. The van der Waals surface area contributed by atoms with Gasteiger partial charge >= 0.3 is 0 Å². The van der Waals surface area contributed by atoms with Crippen LogP contribution in [-0.4, -0.2) is 17.7 Å². The zero-order chi connectivity index (χ0) is 12.5. The summed E-state index contributed by atoms with van der Waals surface area (Å²) in [7, 11) is 0. The first-order chi connectivity index (χ1) is 8.74. The van der Waals surface area contributed by atoms with Gasteiger partial charge in [0, 0.05) is 16.6 Å². The Morgan fingerprint density at radius 3 is 3.00 bits per heavy atom. The molecular weight excluding hydrogens is 252 g/mol. The zero-order valence-electron chi connectivity index (χ0n) is 9.60. The lowest BCUT2D eigenvalue weighted by Crippen LogP contribution is -2.13. The van der Waals surface area contributed by atoms with Gasteiger partial charge in [0.2, 0.25) is 6.79 Å². The molecule has 2 aromatic rings. The number of amides is 1. The van der Waals surface area contributed by atoms with Crippen LogP contribution in [0.15, 0.2) is 23.7 Å². The number of nitrogens with one attached hydrogen (secondary N) is 1. The minimum Gasteiger partial charge on any atom is -0.454 e. The molecule has 1 aliphatic rings. The van der Waals surface area contributed by atoms with E-state index in [1.807, 2.05) is 6.92 Å². The highest BCUT2D eigenvalue weighted by Gasteiger charge is 2.16. The van der Waals surface area contributed by atoms with Crippen LogP contribution in [0.25, 0.3) is 0 Å². The molecule has 1 aromatic heterocycles. The van der Waals surface area contributed by atoms with E-state index in [1.54, 1.807) is 23.7 Å². The molecule has 0 aliphatic carbocycles. The zero-order valence-corrected chi connectivity index (χ0v) is 10.4. The Morgan fingerprint density at radius 2 is 2.22 bits per heavy atom. The third-order valence-electron chi connectivity index (χ3n) is 2.59. The van der Waals surface area contributed by atoms with E-state index in [2.05, 4.69) is 10.3 Å². The number of nitrogens with zero attached hydrogens (tertiary/aromatic N) is 1. The molecule has 1 aliphatic heterocycles. The smallest absolute Gasteiger partial charge is 0.275 e. The second-order valence-corrected chi connectivity index (χ2v) is 4.84. The first-order valence-electron chi connectivity index (χ1n) is 5.35. The number of fused-ring (bicyclic) bond motifs is 1. The van der Waals surface area contributed by atoms with E-state index in [1.165, 1.54) is 11.3 Å². The monoisotopic (exact) mass is 262 g/mol. The molecule has 1 amide bonds. The van der Waals surface area contributed by atoms with E-state index >= 15 is 0 Å². The van der Waals surface area contributed by atoms with E-state index < -0.39 is 0 Å². The van der Waals surface area contributed by atoms with Crippen LogP contribution in [0, 0.1) is 6.92 Å². The molecule has 3 rings (SSSR count). The second kappa shape index (κ2) is 4.30. The molecule has 0 saturated carbocycles. The number of rotatable bonds is 2. The van der Waals surface area contributed by atoms with Crippen LogP contribution in [0.4, 0.5) is 5.69 Å². The van der Waals surface area contributed by atoms with Gasteiger partial charge in [-0.1, -0.05) is 0 Å². The van der Waals surface area contributed by atoms with Crippen molar-refractivity contribution >= 4 is 22.9 Å². The van der Waals surface area contributed by atoms with Gasteiger partial charge in [0.15, 0.2) is 11.5 Å². The quantitative estimate of drug-likeness (QED) is 0.903. The first kappa shape index (κ1) is 11.0. The molecule has 0 fully saturated rings. The Balaban J connectivity index is 1.81. The predicted molar refractivity (Wildman–Crippen MR) is 67.4 cm³/mol. The molecule has 0 bridgehead atoms. The van der Waals surface area contributed by atoms with E-state index in [4.69, 9.17) is 9.47 Å². The van der Waals surface area contributed by atoms with E-state index in [0.717, 1.165) is 4.88 Å². The van der Waals surface area contributed by atoms with Crippen LogP contribution in [0.1, 0.15) is 15.4 Å². The van der Waals surface area contributed by atoms with Crippen molar-refractivity contribution in [1.29, 1.82) is 0 Å². The summed E-state index contributed by atoms with van der Waals surface area (Å²) in [6.45, 7) is 2.09. The number of anilines is 1. The van der Waals surface area contributed by atoms with Crippen molar-refractivity contribution in [3.05, 3.63) is 34.3 Å². The van der Waals surface area contributed by atoms with Crippen molar-refractivity contribution in [3.63, 3.8) is 0 Å². The van der Waals surface area contributed by atoms with E-state index in [0.29, 0.717) is 22.9 Å². The van der Waals surface area contributed by atoms with E-state index in [9.17, 15) is 4.79 Å². The van der Waals surface area contributed by atoms with Crippen LogP contribution in [0.5, 0.6) is 11.5 Å². The Morgan fingerprint density at radius 1 is 1.39 bits per heavy atom. The number of carbonyl (C=O) groups is 1. The highest BCUT2D eigenvalue weighted by atomic mass is 32.1. The summed E-state index contributed by atoms with van der Waals surface area (Å²) in [6.07, 6.45) is 0. The summed E-state index contributed by atoms with van der Waals surface area (Å²) in [5.41, 5.74) is 2.78. The molecule has 92 valence electrons. The fraction of sp³-hybridized carbons (Fsp3) is 0.167. The van der Waals surface area contributed by atoms with Crippen LogP contribution in [-0.2, 0) is 0 Å². The molecule has 18 heavy (non-hydrogen) atoms. The normalized spacial score (nSPS) is 12.5. The van der Waals surface area contributed by atoms with Gasteiger partial charge in [0.05, 0.1) is 5.51 Å². The van der Waals surface area contributed by atoms with Gasteiger partial charge in [-0.2, -0.15) is 0 Å². The molecule has 5 nitrogen and oxygen atoms in total. The van der Waals surface area contributed by atoms with Gasteiger partial charge in [-0.15, -0.1) is 11.3 Å². The number of aromatic nitrogens is 1. The Hall–Kier alpha value is -2.08. The average molecular weight is 262 g/mol. The van der Waals surface area contributed by atoms with Gasteiger partial charge < -0.3 is 14.8 Å². The molecule has 2 heterocycles. The Kier molecular flexibility index (Phi) is 2.64. The largest absolute Gasteiger partial charge is 0.454 e. The number of carbonyl (C=O) groups excluding carboxylic acids is 1. The van der Waals surface area contributed by atoms with Crippen LogP contribution >= 0.6 is 11.3 Å². The maximum absolute atomic E-state index is 12.0. The summed E-state index contributed by atoms with van der Waals surface area (Å²) in [5, 5.41) is 2.78. The molecule has 0 atom stereocenters. The van der Waals surface area contributed by atoms with Gasteiger partial charge in [-0.05, 0) is 19.1 Å². The van der Waals surface area contributed by atoms with Gasteiger partial charge in [-0.25, -0.2) is 4.98 Å². The number of hydrogen-bond donors (Lipinski definition) is 1. The molecule has 1 aromatic carbocycles. The SMILES string of the molecule is Cc1scnc1C(=O)Nc1ccc2c(c1)OCO2. The number of ether oxygens (including phenoxy) is 2. The summed E-state index contributed by atoms with van der Waals surface area (Å²) in [6, 6.07) is 5.28. The summed E-state index contributed by atoms with van der Waals surface area (Å²) >= 11 is 1.45. The molecule has 0 radical (unpaired) electrons. The Labute approximate surface area is 107 Å². The van der Waals surface area contributed by atoms with Crippen molar-refractivity contribution in [2.45, 2.75) is 6.92 Å². The lowest BCUT2D eigenvalue weighted by Gasteiger charge is -2.05. The lowest BCUT2D eigenvalue weighted by atomic mass is 10.2. The second-order valence-electron chi connectivity index (χ2n) is 3.78. The average Bonchev–Trinajstić information content (AvgIpc) is 2.96. The van der Waals surface area contributed by atoms with Crippen molar-refractivity contribution in [1.82, 2.24) is 4.98 Å². The maximum atomic E-state index is 12.0. The first-order valence-corrected chi connectivity index (χ1v) is 6.23. The van der Waals surface area contributed by atoms with Crippen molar-refractivity contribution < 1.29 is 14.3 Å². The minimum atomic E-state index is -0.215. The number of thiazole rings is 1. The number of aryl methyl sites for hydroxylation is 1. The maximum Gasteiger partial charge on any atom is 0.275 e. The molecule has 1 N–H and O–H groups in total. The standard InChI is InChI=1S/C12H10N2O3S/c1-7-11(13-5-18-7)12(15)14-8-2-3-9-10(4-8)17-6-16-9/h2-5H,6H2,1H3,(H,14,15). The van der Waals surface area contributed by atoms with Gasteiger partial charge in [0.25, 0.3) is 5.91 Å². The van der Waals surface area contributed by atoms with Crippen LogP contribution < -0.4 is 14.8 Å². The molecule has 0 unspecified atom stereocenters. The predicted octanol–water partition coefficient (Wildman–Crippen LogP) is 2.43. The van der Waals surface area contributed by atoms with Gasteiger partial charge in [-0.3, -0.25) is 4.79 Å². The number of hydrogen-bond acceptors (Lipinski definition) is 5. The van der Waals surface area contributed by atoms with Crippen molar-refractivity contribution in [3.8, 4) is 11.5 Å². The lowest BCUT2D eigenvalue weighted by molar-refractivity contribution is 0.102. The van der Waals surface area contributed by atoms with Crippen molar-refractivity contribution in [2.24, 2.45) is 0 Å². The summed E-state index contributed by atoms with van der Waals surface area (Å²) in [4.78, 5) is 16.9. The number of benzene rings is 1. The highest BCUT2D eigenvalue weighted by Crippen LogP contribution is 2.34. The summed E-state index contributed by atoms with van der Waals surface area (Å²) in [5.74, 6) is 1.12. The molecular formula is C12H10N2O3S.